The zero-order valence-electron chi connectivity index (χ0n) is 10.8. The molecule has 0 atom stereocenters. The third-order valence-corrected chi connectivity index (χ3v) is 2.64. The Morgan fingerprint density at radius 2 is 1.75 bits per heavy atom. The van der Waals surface area contributed by atoms with Crippen LogP contribution < -0.4 is 10.5 Å². The first-order valence-corrected chi connectivity index (χ1v) is 6.08. The molecule has 0 saturated heterocycles. The Hall–Kier alpha value is -2.62. The van der Waals surface area contributed by atoms with Gasteiger partial charge in [-0.1, -0.05) is 24.3 Å². The van der Waals surface area contributed by atoms with Crippen LogP contribution in [0.15, 0.2) is 54.6 Å². The summed E-state index contributed by atoms with van der Waals surface area (Å²) in [5.74, 6) is -0.0495. The lowest BCUT2D eigenvalue weighted by Gasteiger charge is -2.06. The fraction of sp³-hybridized carbons (Fsp3) is 0.0625. The van der Waals surface area contributed by atoms with Crippen LogP contribution in [0, 0.1) is 5.82 Å². The fourth-order valence-electron chi connectivity index (χ4n) is 1.60. The van der Waals surface area contributed by atoms with Crippen molar-refractivity contribution in [2.24, 2.45) is 5.73 Å². The standard InChI is InChI=1S/C16H14FNO2/c17-14-6-1-13(2-7-14)11-20-15-8-3-12(4-9-15)5-10-16(18)19/h1-10H,11H2,(H2,18,19). The normalized spacial score (nSPS) is 10.7. The lowest BCUT2D eigenvalue weighted by atomic mass is 10.2. The number of primary amides is 1. The number of carbonyl (C=O) groups is 1. The second-order valence-corrected chi connectivity index (χ2v) is 4.22. The van der Waals surface area contributed by atoms with E-state index in [0.29, 0.717) is 12.4 Å². The molecule has 0 unspecified atom stereocenters. The van der Waals surface area contributed by atoms with Gasteiger partial charge < -0.3 is 10.5 Å². The van der Waals surface area contributed by atoms with Crippen molar-refractivity contribution < 1.29 is 13.9 Å². The number of hydrogen-bond donors (Lipinski definition) is 1. The highest BCUT2D eigenvalue weighted by Gasteiger charge is 1.97. The van der Waals surface area contributed by atoms with Crippen LogP contribution in [0.4, 0.5) is 4.39 Å². The number of amides is 1. The van der Waals surface area contributed by atoms with Gasteiger partial charge in [-0.15, -0.1) is 0 Å². The van der Waals surface area contributed by atoms with Crippen LogP contribution in [0.25, 0.3) is 6.08 Å². The van der Waals surface area contributed by atoms with Gasteiger partial charge in [-0.3, -0.25) is 4.79 Å². The second-order valence-electron chi connectivity index (χ2n) is 4.22. The average Bonchev–Trinajstić information content (AvgIpc) is 2.45. The Kier molecular flexibility index (Phi) is 4.50. The molecule has 0 spiro atoms. The minimum absolute atomic E-state index is 0.264. The average molecular weight is 271 g/mol. The minimum Gasteiger partial charge on any atom is -0.489 e. The van der Waals surface area contributed by atoms with E-state index in [9.17, 15) is 9.18 Å². The van der Waals surface area contributed by atoms with Gasteiger partial charge in [0.05, 0.1) is 0 Å². The van der Waals surface area contributed by atoms with Crippen LogP contribution in [0.3, 0.4) is 0 Å². The zero-order chi connectivity index (χ0) is 14.4. The van der Waals surface area contributed by atoms with Crippen molar-refractivity contribution in [1.82, 2.24) is 0 Å². The van der Waals surface area contributed by atoms with Crippen LogP contribution in [-0.2, 0) is 11.4 Å². The first-order chi connectivity index (χ1) is 9.63. The van der Waals surface area contributed by atoms with E-state index in [4.69, 9.17) is 10.5 Å². The topological polar surface area (TPSA) is 52.3 Å². The van der Waals surface area contributed by atoms with E-state index < -0.39 is 5.91 Å². The lowest BCUT2D eigenvalue weighted by molar-refractivity contribution is -0.113. The zero-order valence-corrected chi connectivity index (χ0v) is 10.8. The number of benzene rings is 2. The molecule has 1 amide bonds. The van der Waals surface area contributed by atoms with Gasteiger partial charge in [-0.2, -0.15) is 0 Å². The first kappa shape index (κ1) is 13.8. The highest BCUT2D eigenvalue weighted by Crippen LogP contribution is 2.15. The summed E-state index contributed by atoms with van der Waals surface area (Å²) in [4.78, 5) is 10.6. The molecule has 0 aliphatic carbocycles. The summed E-state index contributed by atoms with van der Waals surface area (Å²) >= 11 is 0. The molecule has 0 fully saturated rings. The van der Waals surface area contributed by atoms with Crippen molar-refractivity contribution in [3.8, 4) is 5.75 Å². The second kappa shape index (κ2) is 6.52. The van der Waals surface area contributed by atoms with Crippen LogP contribution in [0.2, 0.25) is 0 Å². The molecule has 4 heteroatoms. The molecular formula is C16H14FNO2. The molecule has 2 N–H and O–H groups in total. The van der Waals surface area contributed by atoms with Crippen molar-refractivity contribution in [2.45, 2.75) is 6.61 Å². The van der Waals surface area contributed by atoms with E-state index >= 15 is 0 Å². The molecule has 0 radical (unpaired) electrons. The van der Waals surface area contributed by atoms with E-state index in [1.54, 1.807) is 30.3 Å². The van der Waals surface area contributed by atoms with Gasteiger partial charge in [0.2, 0.25) is 5.91 Å². The number of ether oxygens (including phenoxy) is 1. The van der Waals surface area contributed by atoms with E-state index in [-0.39, 0.29) is 5.82 Å². The van der Waals surface area contributed by atoms with Gasteiger partial charge in [-0.25, -0.2) is 4.39 Å². The molecule has 0 aliphatic heterocycles. The molecule has 0 saturated carbocycles. The lowest BCUT2D eigenvalue weighted by Crippen LogP contribution is -2.05. The highest BCUT2D eigenvalue weighted by atomic mass is 19.1. The molecule has 0 aromatic heterocycles. The number of halogens is 1. The van der Waals surface area contributed by atoms with Crippen molar-refractivity contribution >= 4 is 12.0 Å². The smallest absolute Gasteiger partial charge is 0.241 e. The largest absolute Gasteiger partial charge is 0.489 e. The molecule has 0 bridgehead atoms. The SMILES string of the molecule is NC(=O)C=Cc1ccc(OCc2ccc(F)cc2)cc1. The Balaban J connectivity index is 1.93. The summed E-state index contributed by atoms with van der Waals surface area (Å²) in [6.07, 6.45) is 2.93. The predicted molar refractivity (Wildman–Crippen MR) is 75.4 cm³/mol. The van der Waals surface area contributed by atoms with Gasteiger partial charge in [-0.05, 0) is 41.5 Å². The molecule has 3 nitrogen and oxygen atoms in total. The van der Waals surface area contributed by atoms with Crippen molar-refractivity contribution in [2.75, 3.05) is 0 Å². The molecule has 0 aliphatic rings. The van der Waals surface area contributed by atoms with E-state index in [1.165, 1.54) is 18.2 Å². The third-order valence-electron chi connectivity index (χ3n) is 2.64. The molecule has 2 rings (SSSR count). The van der Waals surface area contributed by atoms with E-state index in [1.807, 2.05) is 12.1 Å². The van der Waals surface area contributed by atoms with E-state index in [0.717, 1.165) is 11.1 Å². The van der Waals surface area contributed by atoms with Crippen LogP contribution >= 0.6 is 0 Å². The highest BCUT2D eigenvalue weighted by molar-refractivity contribution is 5.90. The molecule has 0 heterocycles. The number of nitrogens with two attached hydrogens (primary N) is 1. The minimum atomic E-state index is -0.485. The van der Waals surface area contributed by atoms with Gasteiger partial charge in [0, 0.05) is 6.08 Å². The van der Waals surface area contributed by atoms with Gasteiger partial charge in [0.1, 0.15) is 18.2 Å². The van der Waals surface area contributed by atoms with Gasteiger partial charge in [0.25, 0.3) is 0 Å². The van der Waals surface area contributed by atoms with Crippen molar-refractivity contribution in [3.63, 3.8) is 0 Å². The Morgan fingerprint density at radius 3 is 2.35 bits per heavy atom. The maximum absolute atomic E-state index is 12.7. The van der Waals surface area contributed by atoms with Crippen molar-refractivity contribution in [3.05, 3.63) is 71.6 Å². The number of rotatable bonds is 5. The van der Waals surface area contributed by atoms with Crippen molar-refractivity contribution in [1.29, 1.82) is 0 Å². The molecule has 2 aromatic carbocycles. The predicted octanol–water partition coefficient (Wildman–Crippen LogP) is 2.90. The molecular weight excluding hydrogens is 257 g/mol. The summed E-state index contributed by atoms with van der Waals surface area (Å²) in [6.45, 7) is 0.372. The quantitative estimate of drug-likeness (QED) is 0.850. The maximum Gasteiger partial charge on any atom is 0.241 e. The number of carbonyl (C=O) groups excluding carboxylic acids is 1. The van der Waals surface area contributed by atoms with Crippen LogP contribution in [0.1, 0.15) is 11.1 Å². The fourth-order valence-corrected chi connectivity index (χ4v) is 1.60. The van der Waals surface area contributed by atoms with Gasteiger partial charge >= 0.3 is 0 Å². The molecule has 20 heavy (non-hydrogen) atoms. The third kappa shape index (κ3) is 4.24. The van der Waals surface area contributed by atoms with Crippen LogP contribution in [-0.4, -0.2) is 5.91 Å². The van der Waals surface area contributed by atoms with Gasteiger partial charge in [0.15, 0.2) is 0 Å². The first-order valence-electron chi connectivity index (χ1n) is 6.08. The molecule has 2 aromatic rings. The summed E-state index contributed by atoms with van der Waals surface area (Å²) in [5.41, 5.74) is 6.77. The summed E-state index contributed by atoms with van der Waals surface area (Å²) in [7, 11) is 0. The summed E-state index contributed by atoms with van der Waals surface area (Å²) < 4.78 is 18.3. The Bertz CT molecular complexity index is 603. The monoisotopic (exact) mass is 271 g/mol. The summed E-state index contributed by atoms with van der Waals surface area (Å²) in [6, 6.07) is 13.4. The summed E-state index contributed by atoms with van der Waals surface area (Å²) in [5, 5.41) is 0. The Morgan fingerprint density at radius 1 is 1.10 bits per heavy atom. The number of hydrogen-bond acceptors (Lipinski definition) is 2. The Labute approximate surface area is 116 Å². The van der Waals surface area contributed by atoms with E-state index in [2.05, 4.69) is 0 Å². The maximum atomic E-state index is 12.7. The molecule has 102 valence electrons. The van der Waals surface area contributed by atoms with Crippen LogP contribution in [0.5, 0.6) is 5.75 Å².